The zero-order valence-electron chi connectivity index (χ0n) is 10.7. The van der Waals surface area contributed by atoms with E-state index in [4.69, 9.17) is 9.47 Å². The van der Waals surface area contributed by atoms with Gasteiger partial charge < -0.3 is 14.6 Å². The van der Waals surface area contributed by atoms with Gasteiger partial charge in [-0.1, -0.05) is 15.9 Å². The number of halogens is 1. The number of hydrogen-bond acceptors (Lipinski definition) is 4. The van der Waals surface area contributed by atoms with Gasteiger partial charge in [-0.05, 0) is 39.0 Å². The van der Waals surface area contributed by atoms with Crippen molar-refractivity contribution < 1.29 is 19.4 Å². The zero-order chi connectivity index (χ0) is 13.8. The summed E-state index contributed by atoms with van der Waals surface area (Å²) in [6.45, 7) is 5.06. The van der Waals surface area contributed by atoms with E-state index in [1.165, 1.54) is 0 Å². The molecule has 5 heteroatoms. The number of carbonyl (C=O) groups excluding carboxylic acids is 1. The fraction of sp³-hybridized carbons (Fsp3) is 0.462. The Morgan fingerprint density at radius 1 is 1.39 bits per heavy atom. The van der Waals surface area contributed by atoms with Gasteiger partial charge in [0.2, 0.25) is 0 Å². The maximum atomic E-state index is 11.5. The molecule has 18 heavy (non-hydrogen) atoms. The average Bonchev–Trinajstić information content (AvgIpc) is 2.24. The Morgan fingerprint density at radius 2 is 2.06 bits per heavy atom. The molecule has 0 heterocycles. The molecule has 0 aliphatic heterocycles. The first-order valence-electron chi connectivity index (χ1n) is 5.56. The summed E-state index contributed by atoms with van der Waals surface area (Å²) in [5.74, 6) is 0.0425. The van der Waals surface area contributed by atoms with Gasteiger partial charge in [-0.15, -0.1) is 0 Å². The lowest BCUT2D eigenvalue weighted by molar-refractivity contribution is -0.157. The van der Waals surface area contributed by atoms with Gasteiger partial charge in [0.1, 0.15) is 11.4 Å². The molecule has 0 atom stereocenters. The van der Waals surface area contributed by atoms with E-state index in [0.717, 1.165) is 4.47 Å². The topological polar surface area (TPSA) is 55.8 Å². The third kappa shape index (κ3) is 5.06. The van der Waals surface area contributed by atoms with Crippen LogP contribution in [-0.4, -0.2) is 23.3 Å². The summed E-state index contributed by atoms with van der Waals surface area (Å²) < 4.78 is 11.3. The molecular formula is C13H17BrO4. The van der Waals surface area contributed by atoms with E-state index in [1.807, 2.05) is 0 Å². The Labute approximate surface area is 115 Å². The molecule has 0 aromatic heterocycles. The number of hydrogen-bond donors (Lipinski definition) is 1. The zero-order valence-corrected chi connectivity index (χ0v) is 12.3. The molecule has 1 rings (SSSR count). The molecule has 0 fully saturated rings. The Bertz CT molecular complexity index is 423. The highest BCUT2D eigenvalue weighted by molar-refractivity contribution is 9.10. The summed E-state index contributed by atoms with van der Waals surface area (Å²) in [4.78, 5) is 11.5. The molecule has 0 radical (unpaired) electrons. The van der Waals surface area contributed by atoms with Crippen LogP contribution in [0.5, 0.6) is 5.75 Å². The van der Waals surface area contributed by atoms with Crippen molar-refractivity contribution in [1.29, 1.82) is 0 Å². The summed E-state index contributed by atoms with van der Waals surface area (Å²) in [5.41, 5.74) is 0.0906. The van der Waals surface area contributed by atoms with E-state index < -0.39 is 11.6 Å². The fourth-order valence-corrected chi connectivity index (χ4v) is 1.73. The standard InChI is InChI=1S/C13H17BrO4/c1-13(2,3)18-12(16)8-17-11-5-4-10(14)6-9(11)7-15/h4-6,15H,7-8H2,1-3H3. The monoisotopic (exact) mass is 316 g/mol. The van der Waals surface area contributed by atoms with Crippen molar-refractivity contribution in [1.82, 2.24) is 0 Å². The number of benzene rings is 1. The highest BCUT2D eigenvalue weighted by atomic mass is 79.9. The van der Waals surface area contributed by atoms with Crippen LogP contribution in [0.4, 0.5) is 0 Å². The average molecular weight is 317 g/mol. The minimum atomic E-state index is -0.528. The molecule has 4 nitrogen and oxygen atoms in total. The van der Waals surface area contributed by atoms with Crippen LogP contribution in [0.15, 0.2) is 22.7 Å². The summed E-state index contributed by atoms with van der Waals surface area (Å²) in [5, 5.41) is 9.18. The first-order chi connectivity index (χ1) is 8.31. The minimum absolute atomic E-state index is 0.150. The minimum Gasteiger partial charge on any atom is -0.482 e. The molecule has 0 saturated heterocycles. The molecular weight excluding hydrogens is 300 g/mol. The van der Waals surface area contributed by atoms with Gasteiger partial charge in [-0.3, -0.25) is 0 Å². The molecule has 0 aliphatic carbocycles. The van der Waals surface area contributed by atoms with Crippen molar-refractivity contribution in [3.8, 4) is 5.75 Å². The van der Waals surface area contributed by atoms with Crippen LogP contribution >= 0.6 is 15.9 Å². The maximum absolute atomic E-state index is 11.5. The van der Waals surface area contributed by atoms with Crippen LogP contribution in [0.1, 0.15) is 26.3 Å². The molecule has 0 saturated carbocycles. The Hall–Kier alpha value is -1.07. The maximum Gasteiger partial charge on any atom is 0.344 e. The van der Waals surface area contributed by atoms with Crippen LogP contribution in [-0.2, 0) is 16.1 Å². The van der Waals surface area contributed by atoms with E-state index in [1.54, 1.807) is 39.0 Å². The Morgan fingerprint density at radius 3 is 2.61 bits per heavy atom. The van der Waals surface area contributed by atoms with Crippen molar-refractivity contribution in [2.45, 2.75) is 33.0 Å². The first kappa shape index (κ1) is 15.0. The highest BCUT2D eigenvalue weighted by Gasteiger charge is 2.17. The second-order valence-corrected chi connectivity index (χ2v) is 5.70. The lowest BCUT2D eigenvalue weighted by Gasteiger charge is -2.19. The van der Waals surface area contributed by atoms with E-state index in [2.05, 4.69) is 15.9 Å². The van der Waals surface area contributed by atoms with Gasteiger partial charge in [-0.25, -0.2) is 4.79 Å². The number of carbonyl (C=O) groups is 1. The summed E-state index contributed by atoms with van der Waals surface area (Å²) in [7, 11) is 0. The Balaban J connectivity index is 2.61. The van der Waals surface area contributed by atoms with Gasteiger partial charge >= 0.3 is 5.97 Å². The summed E-state index contributed by atoms with van der Waals surface area (Å²) in [6.07, 6.45) is 0. The third-order valence-electron chi connectivity index (χ3n) is 1.96. The van der Waals surface area contributed by atoms with Crippen LogP contribution in [0.25, 0.3) is 0 Å². The van der Waals surface area contributed by atoms with Crippen LogP contribution in [0.3, 0.4) is 0 Å². The largest absolute Gasteiger partial charge is 0.482 e. The van der Waals surface area contributed by atoms with Crippen molar-refractivity contribution >= 4 is 21.9 Å². The third-order valence-corrected chi connectivity index (χ3v) is 2.45. The Kier molecular flexibility index (Phi) is 5.16. The van der Waals surface area contributed by atoms with Crippen LogP contribution in [0, 0.1) is 0 Å². The molecule has 1 N–H and O–H groups in total. The molecule has 0 aliphatic rings. The van der Waals surface area contributed by atoms with Crippen molar-refractivity contribution in [2.24, 2.45) is 0 Å². The molecule has 0 amide bonds. The second kappa shape index (κ2) is 6.20. The molecule has 100 valence electrons. The predicted octanol–water partition coefficient (Wildman–Crippen LogP) is 2.66. The number of aliphatic hydroxyl groups is 1. The molecule has 0 unspecified atom stereocenters. The number of aliphatic hydroxyl groups excluding tert-OH is 1. The van der Waals surface area contributed by atoms with Gasteiger partial charge in [0.25, 0.3) is 0 Å². The second-order valence-electron chi connectivity index (χ2n) is 4.79. The lowest BCUT2D eigenvalue weighted by atomic mass is 10.2. The van der Waals surface area contributed by atoms with E-state index >= 15 is 0 Å². The van der Waals surface area contributed by atoms with E-state index in [-0.39, 0.29) is 13.2 Å². The number of rotatable bonds is 4. The molecule has 1 aromatic carbocycles. The smallest absolute Gasteiger partial charge is 0.344 e. The number of ether oxygens (including phenoxy) is 2. The van der Waals surface area contributed by atoms with Crippen molar-refractivity contribution in [2.75, 3.05) is 6.61 Å². The summed E-state index contributed by atoms with van der Waals surface area (Å²) in [6, 6.07) is 5.22. The van der Waals surface area contributed by atoms with Crippen molar-refractivity contribution in [3.05, 3.63) is 28.2 Å². The SMILES string of the molecule is CC(C)(C)OC(=O)COc1ccc(Br)cc1CO. The molecule has 1 aromatic rings. The highest BCUT2D eigenvalue weighted by Crippen LogP contribution is 2.23. The van der Waals surface area contributed by atoms with Gasteiger partial charge in [0.15, 0.2) is 6.61 Å². The van der Waals surface area contributed by atoms with Crippen LogP contribution in [0.2, 0.25) is 0 Å². The fourth-order valence-electron chi connectivity index (χ4n) is 1.32. The molecule has 0 spiro atoms. The quantitative estimate of drug-likeness (QED) is 0.868. The predicted molar refractivity (Wildman–Crippen MR) is 71.4 cm³/mol. The van der Waals surface area contributed by atoms with Crippen molar-refractivity contribution in [3.63, 3.8) is 0 Å². The van der Waals surface area contributed by atoms with Gasteiger partial charge in [0, 0.05) is 10.0 Å². The number of esters is 1. The van der Waals surface area contributed by atoms with E-state index in [0.29, 0.717) is 11.3 Å². The molecule has 0 bridgehead atoms. The first-order valence-corrected chi connectivity index (χ1v) is 6.35. The van der Waals surface area contributed by atoms with E-state index in [9.17, 15) is 9.90 Å². The summed E-state index contributed by atoms with van der Waals surface area (Å²) >= 11 is 3.30. The van der Waals surface area contributed by atoms with Crippen LogP contribution < -0.4 is 4.74 Å². The van der Waals surface area contributed by atoms with Gasteiger partial charge in [0.05, 0.1) is 6.61 Å². The van der Waals surface area contributed by atoms with Gasteiger partial charge in [-0.2, -0.15) is 0 Å². The lowest BCUT2D eigenvalue weighted by Crippen LogP contribution is -2.27. The normalized spacial score (nSPS) is 11.2.